The average Bonchev–Trinajstić information content (AvgIpc) is 2.64. The molecular weight excluding hydrogens is 421 g/mol. The van der Waals surface area contributed by atoms with Gasteiger partial charge < -0.3 is 15.2 Å². The summed E-state index contributed by atoms with van der Waals surface area (Å²) in [6.07, 6.45) is 10.5. The van der Waals surface area contributed by atoms with Gasteiger partial charge in [0.15, 0.2) is 5.25 Å². The Morgan fingerprint density at radius 2 is 1.30 bits per heavy atom. The van der Waals surface area contributed by atoms with Crippen molar-refractivity contribution >= 4 is 51.6 Å². The second-order valence-corrected chi connectivity index (χ2v) is 8.40. The minimum absolute atomic E-state index is 0. The number of primary amides is 1. The summed E-state index contributed by atoms with van der Waals surface area (Å²) in [5.74, 6) is -2.12. The molecule has 0 spiro atoms. The van der Waals surface area contributed by atoms with Gasteiger partial charge in [-0.15, -0.1) is 0 Å². The zero-order chi connectivity index (χ0) is 22.5. The van der Waals surface area contributed by atoms with Crippen molar-refractivity contribution in [2.45, 2.75) is 96.7 Å². The van der Waals surface area contributed by atoms with Crippen molar-refractivity contribution in [3.8, 4) is 0 Å². The van der Waals surface area contributed by atoms with Gasteiger partial charge in [-0.3, -0.25) is 14.1 Å². The number of carbonyl (C=O) groups is 2. The fourth-order valence-corrected chi connectivity index (χ4v) is 3.24. The summed E-state index contributed by atoms with van der Waals surface area (Å²) in [5.41, 5.74) is 4.87. The number of ether oxygens (including phenoxy) is 2. The molecule has 8 nitrogen and oxygen atoms in total. The van der Waals surface area contributed by atoms with E-state index < -0.39 is 33.7 Å². The molecule has 0 bridgehead atoms. The summed E-state index contributed by atoms with van der Waals surface area (Å²) in [6, 6.07) is 0. The number of nitrogens with two attached hydrogens (primary N) is 1. The van der Waals surface area contributed by atoms with Crippen LogP contribution >= 0.6 is 0 Å². The van der Waals surface area contributed by atoms with Crippen molar-refractivity contribution in [1.29, 1.82) is 0 Å². The molecule has 3 N–H and O–H groups in total. The van der Waals surface area contributed by atoms with E-state index in [0.717, 1.165) is 32.5 Å². The Bertz CT molecular complexity index is 513. The van der Waals surface area contributed by atoms with E-state index in [4.69, 9.17) is 19.8 Å². The minimum atomic E-state index is -4.70. The number of hydrogen-bond acceptors (Lipinski definition) is 6. The van der Waals surface area contributed by atoms with Crippen LogP contribution in [0, 0.1) is 0 Å². The van der Waals surface area contributed by atoms with Gasteiger partial charge in [0.1, 0.15) is 0 Å². The summed E-state index contributed by atoms with van der Waals surface area (Å²) < 4.78 is 40.7. The van der Waals surface area contributed by atoms with Crippen LogP contribution in [-0.2, 0) is 29.2 Å². The van der Waals surface area contributed by atoms with Gasteiger partial charge in [0.05, 0.1) is 13.0 Å². The van der Waals surface area contributed by atoms with Crippen molar-refractivity contribution < 1.29 is 32.0 Å². The van der Waals surface area contributed by atoms with Crippen LogP contribution in [0.5, 0.6) is 0 Å². The molecule has 0 aromatic rings. The molecule has 0 aromatic carbocycles. The average molecular weight is 464 g/mol. The molecule has 0 rings (SSSR count). The van der Waals surface area contributed by atoms with Crippen LogP contribution in [0.4, 0.5) is 0 Å². The molecule has 176 valence electrons. The van der Waals surface area contributed by atoms with Crippen LogP contribution in [0.25, 0.3) is 0 Å². The maximum atomic E-state index is 11.6. The van der Waals surface area contributed by atoms with E-state index in [-0.39, 0.29) is 36.2 Å². The zero-order valence-electron chi connectivity index (χ0n) is 18.4. The first-order chi connectivity index (χ1) is 13.7. The molecule has 0 aromatic heterocycles. The topological polar surface area (TPSA) is 133 Å². The predicted molar refractivity (Wildman–Crippen MR) is 121 cm³/mol. The summed E-state index contributed by atoms with van der Waals surface area (Å²) >= 11 is 0. The standard InChI is InChI=1S/C16H31NO6S.C4H10O.Na.H/c1-2-3-4-5-6-7-8-9-10-11-12-23-16(19)14(13-15(17)18)24(20,21)22;1-3-5-4-2;;/h14H,2-13H2,1H3,(H2,17,18)(H,20,21,22);3-4H2,1-2H3;;. The third-order valence-corrected chi connectivity index (χ3v) is 5.24. The van der Waals surface area contributed by atoms with Crippen LogP contribution in [0.15, 0.2) is 0 Å². The van der Waals surface area contributed by atoms with Crippen molar-refractivity contribution in [2.24, 2.45) is 5.73 Å². The Morgan fingerprint density at radius 1 is 0.867 bits per heavy atom. The Morgan fingerprint density at radius 3 is 1.63 bits per heavy atom. The van der Waals surface area contributed by atoms with Crippen LogP contribution in [0.2, 0.25) is 0 Å². The number of amides is 1. The molecule has 0 saturated heterocycles. The van der Waals surface area contributed by atoms with E-state index in [1.54, 1.807) is 0 Å². The second kappa shape index (κ2) is 23.5. The Hall–Kier alpha value is -0.190. The molecule has 0 fully saturated rings. The number of carbonyl (C=O) groups excluding carboxylic acids is 2. The van der Waals surface area contributed by atoms with E-state index in [2.05, 4.69) is 6.92 Å². The second-order valence-electron chi connectivity index (χ2n) is 6.81. The monoisotopic (exact) mass is 463 g/mol. The molecule has 1 unspecified atom stereocenters. The zero-order valence-corrected chi connectivity index (χ0v) is 19.2. The molecule has 0 heterocycles. The Kier molecular flexibility index (Phi) is 26.9. The molecule has 0 radical (unpaired) electrons. The van der Waals surface area contributed by atoms with Crippen molar-refractivity contribution in [2.75, 3.05) is 19.8 Å². The van der Waals surface area contributed by atoms with Gasteiger partial charge in [0.2, 0.25) is 5.91 Å². The van der Waals surface area contributed by atoms with Gasteiger partial charge in [0, 0.05) is 13.2 Å². The maximum absolute atomic E-state index is 11.6. The molecule has 0 aliphatic carbocycles. The van der Waals surface area contributed by atoms with E-state index in [1.807, 2.05) is 13.8 Å². The van der Waals surface area contributed by atoms with Crippen molar-refractivity contribution in [1.82, 2.24) is 0 Å². The summed E-state index contributed by atoms with van der Waals surface area (Å²) in [4.78, 5) is 22.4. The predicted octanol–water partition coefficient (Wildman–Crippen LogP) is 2.98. The van der Waals surface area contributed by atoms with Crippen molar-refractivity contribution in [3.63, 3.8) is 0 Å². The molecule has 1 amide bonds. The Labute approximate surface area is 205 Å². The first-order valence-electron chi connectivity index (χ1n) is 10.7. The molecule has 30 heavy (non-hydrogen) atoms. The Balaban J connectivity index is -0.00000108. The van der Waals surface area contributed by atoms with Gasteiger partial charge >= 0.3 is 35.5 Å². The summed E-state index contributed by atoms with van der Waals surface area (Å²) in [7, 11) is -4.70. The SMILES string of the molecule is CCCCCCCCCCCCOC(=O)C(CC(N)=O)S(=O)(=O)O.CCOCC.[NaH]. The van der Waals surface area contributed by atoms with Gasteiger partial charge in [-0.05, 0) is 20.3 Å². The van der Waals surface area contributed by atoms with Gasteiger partial charge in [-0.1, -0.05) is 64.7 Å². The molecule has 10 heteroatoms. The van der Waals surface area contributed by atoms with Gasteiger partial charge in [-0.25, -0.2) is 0 Å². The fourth-order valence-electron chi connectivity index (χ4n) is 2.55. The quantitative estimate of drug-likeness (QED) is 0.147. The number of rotatable bonds is 17. The molecule has 0 aliphatic heterocycles. The van der Waals surface area contributed by atoms with Crippen LogP contribution in [0.1, 0.15) is 91.4 Å². The summed E-state index contributed by atoms with van der Waals surface area (Å²) in [5, 5.41) is -1.93. The summed E-state index contributed by atoms with van der Waals surface area (Å²) in [6.45, 7) is 7.93. The van der Waals surface area contributed by atoms with Crippen LogP contribution < -0.4 is 5.73 Å². The number of hydrogen-bond donors (Lipinski definition) is 2. The van der Waals surface area contributed by atoms with Gasteiger partial charge in [-0.2, -0.15) is 8.42 Å². The first kappa shape index (κ1) is 34.4. The molecular formula is C20H42NNaO7S. The fraction of sp³-hybridized carbons (Fsp3) is 0.900. The van der Waals surface area contributed by atoms with E-state index in [9.17, 15) is 18.0 Å². The van der Waals surface area contributed by atoms with Crippen LogP contribution in [0.3, 0.4) is 0 Å². The number of unbranched alkanes of at least 4 members (excludes halogenated alkanes) is 9. The molecule has 0 saturated carbocycles. The van der Waals surface area contributed by atoms with Crippen LogP contribution in [-0.4, -0.2) is 79.5 Å². The third kappa shape index (κ3) is 24.1. The van der Waals surface area contributed by atoms with E-state index in [1.165, 1.54) is 38.5 Å². The molecule has 0 aliphatic rings. The third-order valence-electron chi connectivity index (χ3n) is 4.16. The van der Waals surface area contributed by atoms with E-state index in [0.29, 0.717) is 6.42 Å². The van der Waals surface area contributed by atoms with Gasteiger partial charge in [0.25, 0.3) is 10.1 Å². The number of esters is 1. The first-order valence-corrected chi connectivity index (χ1v) is 12.2. The van der Waals surface area contributed by atoms with Crippen molar-refractivity contribution in [3.05, 3.63) is 0 Å². The molecule has 1 atom stereocenters. The normalized spacial score (nSPS) is 11.6. The van der Waals surface area contributed by atoms with E-state index >= 15 is 0 Å².